The Hall–Kier alpha value is -7.97. The van der Waals surface area contributed by atoms with Crippen molar-refractivity contribution in [3.63, 3.8) is 0 Å². The van der Waals surface area contributed by atoms with Crippen LogP contribution in [0.25, 0.3) is 41.6 Å². The molecule has 2 saturated heterocycles. The number of tetrazole rings is 2. The van der Waals surface area contributed by atoms with Crippen LogP contribution in [0.15, 0.2) is 110 Å². The topological polar surface area (TPSA) is 235 Å². The van der Waals surface area contributed by atoms with Gasteiger partial charge in [0, 0.05) is 153 Å². The molecular formula is C64H67ClF2N16O4S2. The van der Waals surface area contributed by atoms with E-state index < -0.39 is 11.6 Å². The SMILES string of the molecule is ClCCc1nn[nH]n1.O=C(Cc1ccc(Oc2ccnc3cc(-c4ccc(CN5CCN(CCc6nn[nH]n6)CC5)cn4)sc23)c(F)c1)CC1CC1.O=C(Cc1ccc(Oc2ccnc3cc(-c4ccc(CN5CCNCC5)cn4)sc23)c(F)c1)CC1CC1. The van der Waals surface area contributed by atoms with Crippen LogP contribution in [0.1, 0.15) is 72.4 Å². The molecule has 4 fully saturated rings. The molecule has 0 amide bonds. The second-order valence-electron chi connectivity index (χ2n) is 22.8. The second kappa shape index (κ2) is 29.6. The van der Waals surface area contributed by atoms with Gasteiger partial charge in [0.2, 0.25) is 0 Å². The Kier molecular flexibility index (Phi) is 20.4. The number of benzene rings is 2. The lowest BCUT2D eigenvalue weighted by Crippen LogP contribution is -2.46. The van der Waals surface area contributed by atoms with Crippen LogP contribution in [0.3, 0.4) is 0 Å². The summed E-state index contributed by atoms with van der Waals surface area (Å²) < 4.78 is 43.5. The molecule has 8 aromatic heterocycles. The fourth-order valence-corrected chi connectivity index (χ4v) is 12.9. The quantitative estimate of drug-likeness (QED) is 0.0505. The maximum atomic E-state index is 15.0. The summed E-state index contributed by atoms with van der Waals surface area (Å²) in [5.41, 5.74) is 7.02. The molecule has 0 radical (unpaired) electrons. The van der Waals surface area contributed by atoms with E-state index in [0.717, 1.165) is 151 Å². The zero-order chi connectivity index (χ0) is 60.9. The van der Waals surface area contributed by atoms with Crippen molar-refractivity contribution in [3.8, 4) is 44.1 Å². The Morgan fingerprint density at radius 2 is 1.02 bits per heavy atom. The van der Waals surface area contributed by atoms with E-state index in [-0.39, 0.29) is 35.9 Å². The number of nitrogens with zero attached hydrogens (tertiary/aromatic N) is 13. The molecule has 89 heavy (non-hydrogen) atoms. The number of fused-ring (bicyclic) bond motifs is 2. The van der Waals surface area contributed by atoms with Gasteiger partial charge in [-0.3, -0.25) is 39.3 Å². The van der Waals surface area contributed by atoms with E-state index in [4.69, 9.17) is 31.0 Å². The molecule has 25 heteroatoms. The number of Topliss-reactive ketones (excluding diaryl/α,β-unsaturated/α-hetero) is 2. The Morgan fingerprint density at radius 1 is 0.551 bits per heavy atom. The summed E-state index contributed by atoms with van der Waals surface area (Å²) in [5.74, 6) is 3.76. The largest absolute Gasteiger partial charge is 0.453 e. The Balaban J connectivity index is 0.000000155. The first kappa shape index (κ1) is 61.3. The van der Waals surface area contributed by atoms with Crippen LogP contribution in [0.4, 0.5) is 8.78 Å². The molecule has 0 spiro atoms. The number of thiophene rings is 2. The predicted molar refractivity (Wildman–Crippen MR) is 337 cm³/mol. The molecule has 460 valence electrons. The molecule has 2 saturated carbocycles. The van der Waals surface area contributed by atoms with Crippen LogP contribution < -0.4 is 14.8 Å². The number of aromatic nitrogens is 12. The lowest BCUT2D eigenvalue weighted by molar-refractivity contribution is -0.119. The van der Waals surface area contributed by atoms with Crippen molar-refractivity contribution >= 4 is 66.3 Å². The van der Waals surface area contributed by atoms with Crippen molar-refractivity contribution in [3.05, 3.63) is 155 Å². The number of carbonyl (C=O) groups is 2. The number of hydrogen-bond donors (Lipinski definition) is 3. The maximum Gasteiger partial charge on any atom is 0.175 e. The third kappa shape index (κ3) is 17.3. The highest BCUT2D eigenvalue weighted by Gasteiger charge is 2.26. The normalized spacial score (nSPS) is 15.5. The van der Waals surface area contributed by atoms with Crippen molar-refractivity contribution in [1.29, 1.82) is 0 Å². The molecule has 4 aliphatic rings. The molecule has 0 bridgehead atoms. The number of ketones is 2. The van der Waals surface area contributed by atoms with Gasteiger partial charge in [-0.1, -0.05) is 34.7 Å². The van der Waals surface area contributed by atoms with Gasteiger partial charge in [-0.05, 0) is 108 Å². The molecule has 3 N–H and O–H groups in total. The number of halogens is 3. The van der Waals surface area contributed by atoms with Crippen LogP contribution >= 0.6 is 34.3 Å². The number of H-pyrrole nitrogens is 2. The minimum absolute atomic E-state index is 0.126. The van der Waals surface area contributed by atoms with Crippen LogP contribution in [-0.4, -0.2) is 152 Å². The predicted octanol–water partition coefficient (Wildman–Crippen LogP) is 10.7. The zero-order valence-corrected chi connectivity index (χ0v) is 51.4. The van der Waals surface area contributed by atoms with Crippen LogP contribution in [-0.2, 0) is 48.4 Å². The monoisotopic (exact) mass is 1260 g/mol. The number of piperazine rings is 2. The Morgan fingerprint density at radius 3 is 1.46 bits per heavy atom. The highest BCUT2D eigenvalue weighted by Crippen LogP contribution is 2.42. The number of hydrogen-bond acceptors (Lipinski definition) is 20. The number of rotatable bonds is 23. The molecule has 0 atom stereocenters. The van der Waals surface area contributed by atoms with E-state index in [1.807, 2.05) is 36.7 Å². The Bertz CT molecular complexity index is 3950. The first-order valence-corrected chi connectivity index (χ1v) is 32.3. The minimum Gasteiger partial charge on any atom is -0.453 e. The number of aromatic amines is 2. The Labute approximate surface area is 525 Å². The van der Waals surface area contributed by atoms with E-state index in [1.54, 1.807) is 48.8 Å². The first-order chi connectivity index (χ1) is 43.6. The second-order valence-corrected chi connectivity index (χ2v) is 25.3. The van der Waals surface area contributed by atoms with E-state index in [2.05, 4.69) is 83.4 Å². The summed E-state index contributed by atoms with van der Waals surface area (Å²) in [5, 5.41) is 30.6. The zero-order valence-electron chi connectivity index (χ0n) is 49.0. The molecule has 2 aliphatic carbocycles. The summed E-state index contributed by atoms with van der Waals surface area (Å²) >= 11 is 8.42. The highest BCUT2D eigenvalue weighted by molar-refractivity contribution is 7.23. The molecule has 10 heterocycles. The molecular weight excluding hydrogens is 1190 g/mol. The molecule has 0 unspecified atom stereocenters. The van der Waals surface area contributed by atoms with Gasteiger partial charge in [-0.15, -0.1) is 54.7 Å². The molecule has 20 nitrogen and oxygen atoms in total. The van der Waals surface area contributed by atoms with Crippen LogP contribution in [0.5, 0.6) is 23.0 Å². The molecule has 2 aliphatic heterocycles. The average molecular weight is 1260 g/mol. The van der Waals surface area contributed by atoms with Gasteiger partial charge >= 0.3 is 0 Å². The summed E-state index contributed by atoms with van der Waals surface area (Å²) in [4.78, 5) is 52.1. The fraction of sp³-hybridized carbons (Fsp3) is 0.375. The number of ether oxygens (including phenoxy) is 2. The van der Waals surface area contributed by atoms with Crippen molar-refractivity contribution in [1.82, 2.24) is 81.2 Å². The van der Waals surface area contributed by atoms with E-state index in [9.17, 15) is 18.4 Å². The van der Waals surface area contributed by atoms with Gasteiger partial charge in [-0.25, -0.2) is 8.78 Å². The summed E-state index contributed by atoms with van der Waals surface area (Å²) in [6, 6.07) is 25.4. The minimum atomic E-state index is -0.481. The lowest BCUT2D eigenvalue weighted by atomic mass is 10.0. The maximum absolute atomic E-state index is 15.0. The molecule has 2 aromatic carbocycles. The van der Waals surface area contributed by atoms with Crippen LogP contribution in [0, 0.1) is 23.5 Å². The van der Waals surface area contributed by atoms with Gasteiger partial charge in [0.25, 0.3) is 0 Å². The number of aryl methyl sites for hydroxylation is 1. The summed E-state index contributed by atoms with van der Waals surface area (Å²) in [6.45, 7) is 10.9. The summed E-state index contributed by atoms with van der Waals surface area (Å²) in [7, 11) is 0. The average Bonchev–Trinajstić information content (AvgIpc) is 3.16. The first-order valence-electron chi connectivity index (χ1n) is 30.1. The number of alkyl halides is 1. The van der Waals surface area contributed by atoms with Gasteiger partial charge in [-0.2, -0.15) is 10.4 Å². The third-order valence-corrected chi connectivity index (χ3v) is 18.3. The van der Waals surface area contributed by atoms with E-state index in [1.165, 1.54) is 45.9 Å². The van der Waals surface area contributed by atoms with Crippen molar-refractivity contribution in [2.24, 2.45) is 11.8 Å². The molecule has 10 aromatic rings. The van der Waals surface area contributed by atoms with Gasteiger partial charge in [0.1, 0.15) is 23.1 Å². The third-order valence-electron chi connectivity index (χ3n) is 15.8. The van der Waals surface area contributed by atoms with Gasteiger partial charge in [0.15, 0.2) is 34.8 Å². The number of pyridine rings is 4. The van der Waals surface area contributed by atoms with E-state index >= 15 is 0 Å². The smallest absolute Gasteiger partial charge is 0.175 e. The number of carbonyl (C=O) groups excluding carboxylic acids is 2. The number of nitrogens with one attached hydrogen (secondary N) is 3. The van der Waals surface area contributed by atoms with Gasteiger partial charge in [0.05, 0.1) is 41.6 Å². The van der Waals surface area contributed by atoms with Crippen LogP contribution in [0.2, 0.25) is 0 Å². The summed E-state index contributed by atoms with van der Waals surface area (Å²) in [6.07, 6.45) is 14.9. The highest BCUT2D eigenvalue weighted by atomic mass is 35.5. The van der Waals surface area contributed by atoms with Gasteiger partial charge < -0.3 is 19.7 Å². The molecule has 14 rings (SSSR count). The van der Waals surface area contributed by atoms with Crippen molar-refractivity contribution < 1.29 is 27.8 Å². The standard InChI is InChI=1S/C32H33FN8O2S.C29H29FN4O2S.C3H5ClN4/c33-25-17-22(16-24(42)15-21-1-2-21)4-6-28(25)43-29-7-9-34-27-18-30(44-32(27)29)26-5-3-23(19-35-26)20-41-13-11-40(12-14-41)10-8-31-36-38-39-37-31;30-23-15-20(14-22(35)13-19-1-2-19)4-6-26(23)36-27-7-8-32-25-16-28(37-29(25)27)24-5-3-21(17-33-24)18-34-11-9-31-10-12-34;4-2-1-3-5-7-8-6-3/h3-7,9,17-19,21H,1-2,8,10-16,20H2,(H,36,37,38,39);3-8,15-17,19,31H,1-2,9-14,18H2;1-2H2,(H,5,6,7,8). The fourth-order valence-electron chi connectivity index (χ4n) is 10.6. The van der Waals surface area contributed by atoms with Crippen molar-refractivity contribution in [2.75, 3.05) is 64.8 Å². The van der Waals surface area contributed by atoms with E-state index in [0.29, 0.717) is 65.4 Å². The van der Waals surface area contributed by atoms with Crippen molar-refractivity contribution in [2.45, 2.75) is 77.3 Å². The lowest BCUT2D eigenvalue weighted by Gasteiger charge is -2.34.